The van der Waals surface area contributed by atoms with Gasteiger partial charge in [-0.2, -0.15) is 0 Å². The van der Waals surface area contributed by atoms with Crippen molar-refractivity contribution in [2.24, 2.45) is 5.92 Å². The third kappa shape index (κ3) is 3.16. The Labute approximate surface area is 123 Å². The molecular formula is C12H16Cl2N2O2S. The van der Waals surface area contributed by atoms with Crippen molar-refractivity contribution >= 4 is 38.9 Å². The third-order valence-electron chi connectivity index (χ3n) is 3.40. The summed E-state index contributed by atoms with van der Waals surface area (Å²) in [6.07, 6.45) is 2.73. The molecule has 2 rings (SSSR count). The molecule has 7 heteroatoms. The number of hydrogen-bond acceptors (Lipinski definition) is 3. The molecule has 2 atom stereocenters. The lowest BCUT2D eigenvalue weighted by Gasteiger charge is -2.15. The zero-order chi connectivity index (χ0) is 14.2. The average molecular weight is 323 g/mol. The van der Waals surface area contributed by atoms with Gasteiger partial charge in [-0.15, -0.1) is 0 Å². The molecule has 0 heterocycles. The molecule has 0 spiro atoms. The van der Waals surface area contributed by atoms with E-state index in [1.54, 1.807) is 0 Å². The number of halogens is 2. The SMILES string of the molecule is CC1CCC(NS(=O)(=O)c2ccc(Cl)c(N)c2Cl)C1. The topological polar surface area (TPSA) is 72.2 Å². The van der Waals surface area contributed by atoms with Crippen molar-refractivity contribution in [3.05, 3.63) is 22.2 Å². The van der Waals surface area contributed by atoms with E-state index in [9.17, 15) is 8.42 Å². The van der Waals surface area contributed by atoms with Crippen LogP contribution in [0.1, 0.15) is 26.2 Å². The molecule has 1 aromatic carbocycles. The molecule has 19 heavy (non-hydrogen) atoms. The second kappa shape index (κ2) is 5.48. The van der Waals surface area contributed by atoms with Crippen LogP contribution < -0.4 is 10.5 Å². The van der Waals surface area contributed by atoms with Crippen LogP contribution in [-0.2, 0) is 10.0 Å². The van der Waals surface area contributed by atoms with Crippen LogP contribution in [0.15, 0.2) is 17.0 Å². The molecule has 3 N–H and O–H groups in total. The number of nitrogens with one attached hydrogen (secondary N) is 1. The molecule has 0 saturated heterocycles. The van der Waals surface area contributed by atoms with E-state index in [2.05, 4.69) is 11.6 Å². The third-order valence-corrected chi connectivity index (χ3v) is 5.81. The molecule has 1 saturated carbocycles. The standard InChI is InChI=1S/C12H16Cl2N2O2S/c1-7-2-3-8(6-7)16-19(17,18)10-5-4-9(13)12(15)11(10)14/h4-5,7-8,16H,2-3,6,15H2,1H3. The van der Waals surface area contributed by atoms with Crippen molar-refractivity contribution < 1.29 is 8.42 Å². The normalized spacial score (nSPS) is 23.7. The van der Waals surface area contributed by atoms with Gasteiger partial charge in [0.2, 0.25) is 10.0 Å². The molecular weight excluding hydrogens is 307 g/mol. The van der Waals surface area contributed by atoms with Gasteiger partial charge in [0.15, 0.2) is 0 Å². The Morgan fingerprint density at radius 1 is 1.32 bits per heavy atom. The summed E-state index contributed by atoms with van der Waals surface area (Å²) in [4.78, 5) is -0.0179. The van der Waals surface area contributed by atoms with Gasteiger partial charge in [0.1, 0.15) is 4.90 Å². The van der Waals surface area contributed by atoms with Gasteiger partial charge in [-0.1, -0.05) is 30.1 Å². The Bertz CT molecular complexity index is 590. The van der Waals surface area contributed by atoms with Crippen molar-refractivity contribution in [2.45, 2.75) is 37.1 Å². The van der Waals surface area contributed by atoms with Crippen LogP contribution in [0, 0.1) is 5.92 Å². The second-order valence-electron chi connectivity index (χ2n) is 5.01. The van der Waals surface area contributed by atoms with E-state index in [0.717, 1.165) is 19.3 Å². The maximum absolute atomic E-state index is 12.3. The molecule has 4 nitrogen and oxygen atoms in total. The fourth-order valence-corrected chi connectivity index (χ4v) is 4.40. The number of rotatable bonds is 3. The van der Waals surface area contributed by atoms with E-state index in [-0.39, 0.29) is 26.7 Å². The predicted molar refractivity (Wildman–Crippen MR) is 78.0 cm³/mol. The lowest BCUT2D eigenvalue weighted by molar-refractivity contribution is 0.538. The van der Waals surface area contributed by atoms with Crippen molar-refractivity contribution in [2.75, 3.05) is 5.73 Å². The number of hydrogen-bond donors (Lipinski definition) is 2. The molecule has 1 aliphatic rings. The molecule has 1 aliphatic carbocycles. The Morgan fingerprint density at radius 2 is 2.00 bits per heavy atom. The highest BCUT2D eigenvalue weighted by Gasteiger charge is 2.28. The van der Waals surface area contributed by atoms with E-state index < -0.39 is 10.0 Å². The smallest absolute Gasteiger partial charge is 0.242 e. The molecule has 2 unspecified atom stereocenters. The second-order valence-corrected chi connectivity index (χ2v) is 7.48. The maximum atomic E-state index is 12.3. The van der Waals surface area contributed by atoms with Gasteiger partial charge in [0.25, 0.3) is 0 Å². The zero-order valence-corrected chi connectivity index (χ0v) is 12.8. The number of anilines is 1. The fourth-order valence-electron chi connectivity index (χ4n) is 2.35. The lowest BCUT2D eigenvalue weighted by Crippen LogP contribution is -2.33. The first-order chi connectivity index (χ1) is 8.81. The van der Waals surface area contributed by atoms with Crippen molar-refractivity contribution in [3.63, 3.8) is 0 Å². The predicted octanol–water partition coefficient (Wildman–Crippen LogP) is 3.04. The summed E-state index contributed by atoms with van der Waals surface area (Å²) in [6, 6.07) is 2.78. The quantitative estimate of drug-likeness (QED) is 0.840. The van der Waals surface area contributed by atoms with Gasteiger partial charge >= 0.3 is 0 Å². The summed E-state index contributed by atoms with van der Waals surface area (Å²) < 4.78 is 27.2. The lowest BCUT2D eigenvalue weighted by atomic mass is 10.1. The zero-order valence-electron chi connectivity index (χ0n) is 10.5. The van der Waals surface area contributed by atoms with Gasteiger partial charge in [0.05, 0.1) is 15.7 Å². The first kappa shape index (κ1) is 14.9. The summed E-state index contributed by atoms with van der Waals surface area (Å²) in [6.45, 7) is 2.11. The van der Waals surface area contributed by atoms with Crippen LogP contribution >= 0.6 is 23.2 Å². The van der Waals surface area contributed by atoms with E-state index in [4.69, 9.17) is 28.9 Å². The highest BCUT2D eigenvalue weighted by Crippen LogP contribution is 2.34. The first-order valence-electron chi connectivity index (χ1n) is 6.07. The molecule has 1 aromatic rings. The number of nitrogens with two attached hydrogens (primary N) is 1. The molecule has 0 radical (unpaired) electrons. The number of nitrogen functional groups attached to an aromatic ring is 1. The Hall–Kier alpha value is -0.490. The van der Waals surface area contributed by atoms with E-state index in [1.165, 1.54) is 12.1 Å². The summed E-state index contributed by atoms with van der Waals surface area (Å²) >= 11 is 11.8. The summed E-state index contributed by atoms with van der Waals surface area (Å²) in [5.41, 5.74) is 5.74. The minimum atomic E-state index is -3.66. The van der Waals surface area contributed by atoms with Gasteiger partial charge in [0, 0.05) is 6.04 Å². The number of sulfonamides is 1. The Balaban J connectivity index is 2.27. The van der Waals surface area contributed by atoms with Gasteiger partial charge < -0.3 is 5.73 Å². The first-order valence-corrected chi connectivity index (χ1v) is 8.31. The summed E-state index contributed by atoms with van der Waals surface area (Å²) in [7, 11) is -3.66. The van der Waals surface area contributed by atoms with Gasteiger partial charge in [-0.25, -0.2) is 13.1 Å². The molecule has 0 bridgehead atoms. The summed E-state index contributed by atoms with van der Waals surface area (Å²) in [5.74, 6) is 0.540. The molecule has 106 valence electrons. The molecule has 0 aliphatic heterocycles. The van der Waals surface area contributed by atoms with Crippen molar-refractivity contribution in [3.8, 4) is 0 Å². The highest BCUT2D eigenvalue weighted by molar-refractivity contribution is 7.89. The Morgan fingerprint density at radius 3 is 2.58 bits per heavy atom. The summed E-state index contributed by atoms with van der Waals surface area (Å²) in [5, 5.41) is 0.226. The van der Waals surface area contributed by atoms with Crippen molar-refractivity contribution in [1.29, 1.82) is 0 Å². The van der Waals surface area contributed by atoms with Crippen LogP contribution in [0.4, 0.5) is 5.69 Å². The highest BCUT2D eigenvalue weighted by atomic mass is 35.5. The molecule has 0 amide bonds. The molecule has 1 fully saturated rings. The Kier molecular flexibility index (Phi) is 4.30. The number of benzene rings is 1. The maximum Gasteiger partial charge on any atom is 0.242 e. The van der Waals surface area contributed by atoms with E-state index in [0.29, 0.717) is 5.92 Å². The minimum Gasteiger partial charge on any atom is -0.396 e. The van der Waals surface area contributed by atoms with Gasteiger partial charge in [-0.3, -0.25) is 0 Å². The van der Waals surface area contributed by atoms with Gasteiger partial charge in [-0.05, 0) is 37.3 Å². The largest absolute Gasteiger partial charge is 0.396 e. The van der Waals surface area contributed by atoms with Crippen molar-refractivity contribution in [1.82, 2.24) is 4.72 Å². The van der Waals surface area contributed by atoms with Crippen LogP contribution in [0.3, 0.4) is 0 Å². The average Bonchev–Trinajstić information content (AvgIpc) is 2.70. The molecule has 0 aromatic heterocycles. The minimum absolute atomic E-state index is 0.0179. The van der Waals surface area contributed by atoms with E-state index in [1.807, 2.05) is 0 Å². The monoisotopic (exact) mass is 322 g/mol. The van der Waals surface area contributed by atoms with Crippen LogP contribution in [0.2, 0.25) is 10.0 Å². The van der Waals surface area contributed by atoms with E-state index >= 15 is 0 Å². The fraction of sp³-hybridized carbons (Fsp3) is 0.500. The van der Waals surface area contributed by atoms with Crippen LogP contribution in [0.5, 0.6) is 0 Å². The van der Waals surface area contributed by atoms with Crippen LogP contribution in [0.25, 0.3) is 0 Å². The van der Waals surface area contributed by atoms with Crippen LogP contribution in [-0.4, -0.2) is 14.5 Å².